The molecule has 0 saturated heterocycles. The first-order valence-corrected chi connectivity index (χ1v) is 7.13. The van der Waals surface area contributed by atoms with Crippen LogP contribution in [-0.2, 0) is 19.7 Å². The highest BCUT2D eigenvalue weighted by Gasteiger charge is 2.08. The van der Waals surface area contributed by atoms with Crippen molar-refractivity contribution in [2.24, 2.45) is 0 Å². The topological polar surface area (TPSA) is 94.5 Å². The number of aliphatic hydroxyl groups excluding tert-OH is 1. The fourth-order valence-corrected chi connectivity index (χ4v) is 2.13. The third kappa shape index (κ3) is 3.01. The maximum atomic E-state index is 9.01. The van der Waals surface area contributed by atoms with Crippen molar-refractivity contribution < 1.29 is 5.11 Å². The number of aryl methyl sites for hydroxylation is 1. The van der Waals surface area contributed by atoms with Gasteiger partial charge >= 0.3 is 0 Å². The Balaban J connectivity index is 1.76. The van der Waals surface area contributed by atoms with Crippen LogP contribution in [0.15, 0.2) is 30.9 Å². The van der Waals surface area contributed by atoms with Gasteiger partial charge in [0, 0.05) is 18.3 Å². The monoisotopic (exact) mass is 299 g/mol. The first kappa shape index (κ1) is 14.3. The molecule has 0 fully saturated rings. The second kappa shape index (κ2) is 6.44. The summed E-state index contributed by atoms with van der Waals surface area (Å²) in [6.45, 7) is 3.39. The van der Waals surface area contributed by atoms with Gasteiger partial charge in [0.2, 0.25) is 0 Å². The molecule has 8 nitrogen and oxygen atoms in total. The van der Waals surface area contributed by atoms with Crippen LogP contribution in [0.2, 0.25) is 0 Å². The molecule has 8 heteroatoms. The molecule has 0 aliphatic carbocycles. The Kier molecular flexibility index (Phi) is 4.19. The molecule has 0 atom stereocenters. The van der Waals surface area contributed by atoms with E-state index in [0.29, 0.717) is 12.2 Å². The predicted octanol–water partition coefficient (Wildman–Crippen LogP) is 0.882. The summed E-state index contributed by atoms with van der Waals surface area (Å²) in [4.78, 5) is 8.40. The van der Waals surface area contributed by atoms with E-state index >= 15 is 0 Å². The predicted molar refractivity (Wildman–Crippen MR) is 78.6 cm³/mol. The molecule has 3 heterocycles. The van der Waals surface area contributed by atoms with Gasteiger partial charge in [-0.2, -0.15) is 5.10 Å². The summed E-state index contributed by atoms with van der Waals surface area (Å²) in [6.07, 6.45) is 6.09. The summed E-state index contributed by atoms with van der Waals surface area (Å²) in [7, 11) is 0. The van der Waals surface area contributed by atoms with Crippen LogP contribution in [-0.4, -0.2) is 39.8 Å². The summed E-state index contributed by atoms with van der Waals surface area (Å²) < 4.78 is 3.60. The molecule has 0 aromatic carbocycles. The minimum atomic E-state index is -0.0694. The zero-order valence-corrected chi connectivity index (χ0v) is 12.3. The number of aliphatic hydroxyl groups is 1. The van der Waals surface area contributed by atoms with Crippen molar-refractivity contribution in [2.45, 2.75) is 33.0 Å². The fourth-order valence-electron chi connectivity index (χ4n) is 2.13. The van der Waals surface area contributed by atoms with Crippen LogP contribution < -0.4 is 0 Å². The van der Waals surface area contributed by atoms with Gasteiger partial charge in [0.25, 0.3) is 0 Å². The van der Waals surface area contributed by atoms with Crippen molar-refractivity contribution in [3.8, 4) is 11.3 Å². The van der Waals surface area contributed by atoms with E-state index in [1.807, 2.05) is 16.9 Å². The summed E-state index contributed by atoms with van der Waals surface area (Å²) in [5, 5.41) is 21.5. The van der Waals surface area contributed by atoms with Crippen LogP contribution in [0.1, 0.15) is 24.9 Å². The molecular formula is C14H17N7O. The van der Waals surface area contributed by atoms with Gasteiger partial charge in [-0.1, -0.05) is 12.1 Å². The lowest BCUT2D eigenvalue weighted by molar-refractivity contribution is 0.277. The number of nitrogens with zero attached hydrogens (tertiary/aromatic N) is 7. The third-order valence-corrected chi connectivity index (χ3v) is 3.26. The highest BCUT2D eigenvalue weighted by atomic mass is 16.3. The first-order chi connectivity index (χ1) is 10.8. The molecule has 0 bridgehead atoms. The van der Waals surface area contributed by atoms with E-state index in [9.17, 15) is 0 Å². The van der Waals surface area contributed by atoms with E-state index in [1.165, 1.54) is 0 Å². The standard InChI is InChI=1S/C14H17N7O/c1-2-5-21-14(16-10-17-21)8-20-7-13(18-19-20)11-3-4-12(9-22)15-6-11/h3-4,6-7,10,22H,2,5,8-9H2,1H3. The Morgan fingerprint density at radius 1 is 1.23 bits per heavy atom. The minimum Gasteiger partial charge on any atom is -0.390 e. The lowest BCUT2D eigenvalue weighted by Crippen LogP contribution is -2.10. The average Bonchev–Trinajstić information content (AvgIpc) is 3.18. The van der Waals surface area contributed by atoms with E-state index in [4.69, 9.17) is 5.11 Å². The molecule has 3 rings (SSSR count). The van der Waals surface area contributed by atoms with Crippen LogP contribution in [0.4, 0.5) is 0 Å². The van der Waals surface area contributed by atoms with Gasteiger partial charge in [0.1, 0.15) is 24.4 Å². The van der Waals surface area contributed by atoms with E-state index in [1.54, 1.807) is 23.3 Å². The minimum absolute atomic E-state index is 0.0694. The van der Waals surface area contributed by atoms with Crippen LogP contribution in [0.25, 0.3) is 11.3 Å². The average molecular weight is 299 g/mol. The molecule has 3 aromatic heterocycles. The Hall–Kier alpha value is -2.61. The SMILES string of the molecule is CCCn1ncnc1Cn1cc(-c2ccc(CO)nc2)nn1. The fraction of sp³-hybridized carbons (Fsp3) is 0.357. The van der Waals surface area contributed by atoms with Gasteiger partial charge in [-0.25, -0.2) is 14.3 Å². The van der Waals surface area contributed by atoms with Crippen LogP contribution >= 0.6 is 0 Å². The van der Waals surface area contributed by atoms with Gasteiger partial charge in [-0.3, -0.25) is 4.98 Å². The van der Waals surface area contributed by atoms with Gasteiger partial charge in [-0.15, -0.1) is 5.10 Å². The second-order valence-corrected chi connectivity index (χ2v) is 4.90. The summed E-state index contributed by atoms with van der Waals surface area (Å²) >= 11 is 0. The molecular weight excluding hydrogens is 282 g/mol. The third-order valence-electron chi connectivity index (χ3n) is 3.26. The smallest absolute Gasteiger partial charge is 0.148 e. The largest absolute Gasteiger partial charge is 0.390 e. The maximum Gasteiger partial charge on any atom is 0.148 e. The van der Waals surface area contributed by atoms with Gasteiger partial charge in [-0.05, 0) is 18.6 Å². The molecule has 0 spiro atoms. The zero-order valence-electron chi connectivity index (χ0n) is 12.3. The molecule has 0 amide bonds. The number of hydrogen-bond acceptors (Lipinski definition) is 6. The van der Waals surface area contributed by atoms with Gasteiger partial charge < -0.3 is 5.11 Å². The van der Waals surface area contributed by atoms with Crippen molar-refractivity contribution in [3.63, 3.8) is 0 Å². The molecule has 3 aromatic rings. The number of hydrogen-bond donors (Lipinski definition) is 1. The van der Waals surface area contributed by atoms with Crippen molar-refractivity contribution in [1.29, 1.82) is 0 Å². The Labute approximate surface area is 127 Å². The number of pyridine rings is 1. The Morgan fingerprint density at radius 3 is 2.86 bits per heavy atom. The van der Waals surface area contributed by atoms with Crippen molar-refractivity contribution in [1.82, 2.24) is 34.7 Å². The highest BCUT2D eigenvalue weighted by Crippen LogP contribution is 2.15. The zero-order chi connectivity index (χ0) is 15.4. The summed E-state index contributed by atoms with van der Waals surface area (Å²) in [5.41, 5.74) is 2.22. The molecule has 114 valence electrons. The first-order valence-electron chi connectivity index (χ1n) is 7.13. The molecule has 0 unspecified atom stereocenters. The van der Waals surface area contributed by atoms with Crippen molar-refractivity contribution >= 4 is 0 Å². The van der Waals surface area contributed by atoms with Crippen molar-refractivity contribution in [2.75, 3.05) is 0 Å². The summed E-state index contributed by atoms with van der Waals surface area (Å²) in [6, 6.07) is 3.64. The molecule has 1 N–H and O–H groups in total. The van der Waals surface area contributed by atoms with E-state index in [-0.39, 0.29) is 6.61 Å². The second-order valence-electron chi connectivity index (χ2n) is 4.90. The molecule has 0 saturated carbocycles. The van der Waals surface area contributed by atoms with E-state index in [0.717, 1.165) is 30.0 Å². The molecule has 0 radical (unpaired) electrons. The molecule has 0 aliphatic rings. The summed E-state index contributed by atoms with van der Waals surface area (Å²) in [5.74, 6) is 0.854. The number of aromatic nitrogens is 7. The van der Waals surface area contributed by atoms with Crippen molar-refractivity contribution in [3.05, 3.63) is 42.4 Å². The molecule has 0 aliphatic heterocycles. The lowest BCUT2D eigenvalue weighted by Gasteiger charge is -2.03. The maximum absolute atomic E-state index is 9.01. The quantitative estimate of drug-likeness (QED) is 0.726. The lowest BCUT2D eigenvalue weighted by atomic mass is 10.2. The van der Waals surface area contributed by atoms with Crippen LogP contribution in [0, 0.1) is 0 Å². The van der Waals surface area contributed by atoms with Gasteiger partial charge in [0.05, 0.1) is 18.5 Å². The normalized spacial score (nSPS) is 11.0. The van der Waals surface area contributed by atoms with Crippen LogP contribution in [0.3, 0.4) is 0 Å². The van der Waals surface area contributed by atoms with Gasteiger partial charge in [0.15, 0.2) is 0 Å². The highest BCUT2D eigenvalue weighted by molar-refractivity contribution is 5.56. The van der Waals surface area contributed by atoms with E-state index < -0.39 is 0 Å². The Morgan fingerprint density at radius 2 is 2.14 bits per heavy atom. The Bertz CT molecular complexity index is 732. The van der Waals surface area contributed by atoms with E-state index in [2.05, 4.69) is 32.3 Å². The molecule has 22 heavy (non-hydrogen) atoms. The number of rotatable bonds is 6. The van der Waals surface area contributed by atoms with Crippen LogP contribution in [0.5, 0.6) is 0 Å².